The lowest BCUT2D eigenvalue weighted by Crippen LogP contribution is -2.36. The van der Waals surface area contributed by atoms with E-state index in [0.29, 0.717) is 13.6 Å². The van der Waals surface area contributed by atoms with Crippen molar-refractivity contribution in [3.05, 3.63) is 21.8 Å². The molecule has 1 aromatic rings. The average molecular weight is 787 g/mol. The van der Waals surface area contributed by atoms with Crippen LogP contribution in [0.5, 0.6) is 0 Å². The molecule has 0 fully saturated rings. The minimum atomic E-state index is -1.39. The summed E-state index contributed by atoms with van der Waals surface area (Å²) in [6, 6.07) is 0. The third kappa shape index (κ3) is 7.67. The van der Waals surface area contributed by atoms with Gasteiger partial charge in [0.25, 0.3) is 18.3 Å². The Hall–Kier alpha value is -1.77. The molecule has 0 saturated carbocycles. The van der Waals surface area contributed by atoms with Gasteiger partial charge in [-0.15, -0.1) is 0 Å². The lowest BCUT2D eigenvalue weighted by atomic mass is 10.0. The zero-order valence-corrected chi connectivity index (χ0v) is 22.4. The summed E-state index contributed by atoms with van der Waals surface area (Å²) in [5.41, 5.74) is 0.277. The average Bonchev–Trinajstić information content (AvgIpc) is 2.71. The number of carboxylic acid groups (broad SMARTS) is 2. The lowest BCUT2D eigenvalue weighted by molar-refractivity contribution is -0.148. The molecule has 0 aromatic heterocycles. The molecule has 12 nitrogen and oxygen atoms in total. The van der Waals surface area contributed by atoms with Crippen molar-refractivity contribution in [3.8, 4) is 0 Å². The molecular formula is C17H16I3N3O9. The second-order valence-electron chi connectivity index (χ2n) is 5.90. The van der Waals surface area contributed by atoms with E-state index in [9.17, 15) is 28.8 Å². The molecule has 1 atom stereocenters. The quantitative estimate of drug-likeness (QED) is 0.110. The van der Waals surface area contributed by atoms with Crippen molar-refractivity contribution in [2.75, 3.05) is 25.0 Å². The van der Waals surface area contributed by atoms with Gasteiger partial charge in [-0.2, -0.15) is 0 Å². The van der Waals surface area contributed by atoms with Gasteiger partial charge in [-0.1, -0.05) is 0 Å². The lowest BCUT2D eigenvalue weighted by Gasteiger charge is -2.19. The summed E-state index contributed by atoms with van der Waals surface area (Å²) >= 11 is 5.43. The minimum Gasteiger partial charge on any atom is -0.481 e. The monoisotopic (exact) mass is 787 g/mol. The number of anilines is 1. The second kappa shape index (κ2) is 13.7. The highest BCUT2D eigenvalue weighted by Gasteiger charge is 2.29. The highest BCUT2D eigenvalue weighted by Crippen LogP contribution is 2.35. The molecule has 0 bridgehead atoms. The molecule has 0 aliphatic heterocycles. The van der Waals surface area contributed by atoms with Crippen LogP contribution < -0.4 is 16.0 Å². The Morgan fingerprint density at radius 2 is 1.50 bits per heavy atom. The fraction of sp³-hybridized carbons (Fsp3) is 0.294. The fourth-order valence-electron chi connectivity index (χ4n) is 2.37. The summed E-state index contributed by atoms with van der Waals surface area (Å²) in [4.78, 5) is 69.0. The molecule has 174 valence electrons. The predicted octanol–water partition coefficient (Wildman–Crippen LogP) is 0.877. The zero-order chi connectivity index (χ0) is 24.4. The maximum absolute atomic E-state index is 12.9. The van der Waals surface area contributed by atoms with Crippen LogP contribution >= 0.6 is 67.8 Å². The fourth-order valence-corrected chi connectivity index (χ4v) is 6.83. The SMILES string of the molecule is O=CNc1c(I)c(C(=O)NCCOC=O)c(I)c(C(=O)NCC(CC(=O)O)C(=O)O)c1I. The number of ether oxygens (including phenoxy) is 1. The van der Waals surface area contributed by atoms with Crippen LogP contribution in [0.2, 0.25) is 0 Å². The Morgan fingerprint density at radius 1 is 0.938 bits per heavy atom. The van der Waals surface area contributed by atoms with Crippen molar-refractivity contribution in [2.24, 2.45) is 5.92 Å². The van der Waals surface area contributed by atoms with Gasteiger partial charge in [0.15, 0.2) is 0 Å². The Labute approximate surface area is 222 Å². The number of halogens is 3. The van der Waals surface area contributed by atoms with Crippen LogP contribution in [0, 0.1) is 16.6 Å². The topological polar surface area (TPSA) is 188 Å². The summed E-state index contributed by atoms with van der Waals surface area (Å²) in [6.45, 7) is -0.295. The highest BCUT2D eigenvalue weighted by molar-refractivity contribution is 14.1. The summed E-state index contributed by atoms with van der Waals surface area (Å²) in [5.74, 6) is -5.43. The molecule has 0 aliphatic rings. The standard InChI is InChI=1S/C17H16I3N3O9/c18-11-9(15(28)21-1-2-32-6-25)12(19)14(23-5-24)13(20)10(11)16(29)22-4-7(17(30)31)3-8(26)27/h5-7H,1-4H2,(H,21,28)(H,22,29)(H,23,24)(H,26,27)(H,30,31). The Balaban J connectivity index is 3.33. The van der Waals surface area contributed by atoms with E-state index in [0.717, 1.165) is 0 Å². The molecule has 32 heavy (non-hydrogen) atoms. The molecule has 0 spiro atoms. The van der Waals surface area contributed by atoms with E-state index >= 15 is 0 Å². The Morgan fingerprint density at radius 3 is 1.97 bits per heavy atom. The van der Waals surface area contributed by atoms with Gasteiger partial charge in [0, 0.05) is 10.1 Å². The van der Waals surface area contributed by atoms with Gasteiger partial charge in [-0.3, -0.25) is 28.8 Å². The van der Waals surface area contributed by atoms with Gasteiger partial charge in [-0.25, -0.2) is 0 Å². The minimum absolute atomic E-state index is 0.00315. The number of rotatable bonds is 13. The first-order valence-corrected chi connectivity index (χ1v) is 11.8. The van der Waals surface area contributed by atoms with Gasteiger partial charge >= 0.3 is 11.9 Å². The Bertz CT molecular complexity index is 940. The molecule has 5 N–H and O–H groups in total. The third-order valence-corrected chi connectivity index (χ3v) is 7.06. The molecule has 1 unspecified atom stereocenters. The first kappa shape index (κ1) is 28.3. The molecule has 0 saturated heterocycles. The number of hydrogen-bond donors (Lipinski definition) is 5. The maximum Gasteiger partial charge on any atom is 0.308 e. The first-order chi connectivity index (χ1) is 15.1. The van der Waals surface area contributed by atoms with E-state index < -0.39 is 42.6 Å². The van der Waals surface area contributed by atoms with E-state index in [1.54, 1.807) is 22.6 Å². The number of hydrogen-bond acceptors (Lipinski definition) is 7. The van der Waals surface area contributed by atoms with Crippen LogP contribution in [0.1, 0.15) is 27.1 Å². The van der Waals surface area contributed by atoms with Crippen LogP contribution in [0.4, 0.5) is 5.69 Å². The number of carboxylic acids is 2. The molecule has 15 heteroatoms. The van der Waals surface area contributed by atoms with Gasteiger partial charge in [0.2, 0.25) is 6.41 Å². The first-order valence-electron chi connectivity index (χ1n) is 8.53. The van der Waals surface area contributed by atoms with Crippen LogP contribution in [0.15, 0.2) is 0 Å². The van der Waals surface area contributed by atoms with Crippen molar-refractivity contribution in [1.29, 1.82) is 0 Å². The van der Waals surface area contributed by atoms with Crippen molar-refractivity contribution >= 4 is 110 Å². The van der Waals surface area contributed by atoms with E-state index in [-0.39, 0.29) is 40.0 Å². The molecule has 1 rings (SSSR count). The summed E-state index contributed by atoms with van der Waals surface area (Å²) in [5, 5.41) is 25.3. The Kier molecular flexibility index (Phi) is 12.1. The smallest absolute Gasteiger partial charge is 0.308 e. The van der Waals surface area contributed by atoms with E-state index in [1.165, 1.54) is 0 Å². The van der Waals surface area contributed by atoms with Gasteiger partial charge in [0.1, 0.15) is 6.61 Å². The third-order valence-electron chi connectivity index (χ3n) is 3.83. The van der Waals surface area contributed by atoms with Gasteiger partial charge < -0.3 is 30.9 Å². The maximum atomic E-state index is 12.9. The number of amides is 3. The van der Waals surface area contributed by atoms with Crippen molar-refractivity contribution in [3.63, 3.8) is 0 Å². The molecule has 0 heterocycles. The summed E-state index contributed by atoms with van der Waals surface area (Å²) in [7, 11) is 0. The van der Waals surface area contributed by atoms with Crippen LogP contribution in [-0.4, -0.2) is 66.5 Å². The van der Waals surface area contributed by atoms with E-state index in [4.69, 9.17) is 10.2 Å². The van der Waals surface area contributed by atoms with Gasteiger partial charge in [0.05, 0.1) is 42.8 Å². The second-order valence-corrected chi connectivity index (χ2v) is 9.13. The largest absolute Gasteiger partial charge is 0.481 e. The highest BCUT2D eigenvalue weighted by atomic mass is 127. The molecular weight excluding hydrogens is 771 g/mol. The number of nitrogens with one attached hydrogen (secondary N) is 3. The number of benzene rings is 1. The van der Waals surface area contributed by atoms with Crippen LogP contribution in [0.3, 0.4) is 0 Å². The van der Waals surface area contributed by atoms with Crippen LogP contribution in [-0.2, 0) is 23.9 Å². The van der Waals surface area contributed by atoms with E-state index in [2.05, 4.69) is 20.7 Å². The normalized spacial score (nSPS) is 11.1. The van der Waals surface area contributed by atoms with Crippen LogP contribution in [0.25, 0.3) is 0 Å². The molecule has 0 aliphatic carbocycles. The molecule has 3 amide bonds. The summed E-state index contributed by atoms with van der Waals surface area (Å²) in [6.07, 6.45) is -0.313. The number of carbonyl (C=O) groups is 6. The van der Waals surface area contributed by atoms with E-state index in [1.807, 2.05) is 45.2 Å². The van der Waals surface area contributed by atoms with Gasteiger partial charge in [-0.05, 0) is 67.8 Å². The van der Waals surface area contributed by atoms with Crippen molar-refractivity contribution in [2.45, 2.75) is 6.42 Å². The summed E-state index contributed by atoms with van der Waals surface area (Å²) < 4.78 is 5.39. The van der Waals surface area contributed by atoms with Crippen molar-refractivity contribution in [1.82, 2.24) is 10.6 Å². The predicted molar refractivity (Wildman–Crippen MR) is 134 cm³/mol. The van der Waals surface area contributed by atoms with Crippen molar-refractivity contribution < 1.29 is 43.7 Å². The molecule has 0 radical (unpaired) electrons. The number of aliphatic carboxylic acids is 2. The zero-order valence-electron chi connectivity index (χ0n) is 15.9. The number of carbonyl (C=O) groups excluding carboxylic acids is 4. The molecule has 1 aromatic carbocycles.